The molecule has 24 heavy (non-hydrogen) atoms. The molecule has 5 heteroatoms. The van der Waals surface area contributed by atoms with Crippen molar-refractivity contribution in [3.8, 4) is 5.69 Å². The maximum absolute atomic E-state index is 12.6. The SMILES string of the molecule is O=C(NC(c1ccccc1)C1CC1)c1cnn(-c2ccccc2)n1. The van der Waals surface area contributed by atoms with E-state index in [1.165, 1.54) is 11.0 Å². The fourth-order valence-electron chi connectivity index (χ4n) is 2.83. The molecule has 1 atom stereocenters. The number of benzene rings is 2. The van der Waals surface area contributed by atoms with E-state index in [-0.39, 0.29) is 11.9 Å². The molecule has 0 spiro atoms. The number of para-hydroxylation sites is 1. The zero-order valence-electron chi connectivity index (χ0n) is 13.2. The van der Waals surface area contributed by atoms with Crippen molar-refractivity contribution in [1.82, 2.24) is 20.3 Å². The second kappa shape index (κ2) is 6.28. The minimum Gasteiger partial charge on any atom is -0.344 e. The first-order valence-electron chi connectivity index (χ1n) is 8.15. The lowest BCUT2D eigenvalue weighted by atomic mass is 10.0. The molecule has 1 heterocycles. The van der Waals surface area contributed by atoms with E-state index in [0.717, 1.165) is 24.1 Å². The van der Waals surface area contributed by atoms with Crippen LogP contribution in [-0.4, -0.2) is 20.9 Å². The van der Waals surface area contributed by atoms with E-state index < -0.39 is 0 Å². The van der Waals surface area contributed by atoms with Gasteiger partial charge in [-0.3, -0.25) is 4.79 Å². The Hall–Kier alpha value is -2.95. The van der Waals surface area contributed by atoms with E-state index in [2.05, 4.69) is 27.6 Å². The molecule has 1 aromatic heterocycles. The zero-order chi connectivity index (χ0) is 16.4. The number of carbonyl (C=O) groups is 1. The maximum Gasteiger partial charge on any atom is 0.273 e. The van der Waals surface area contributed by atoms with E-state index in [1.54, 1.807) is 0 Å². The average molecular weight is 318 g/mol. The number of hydrogen-bond acceptors (Lipinski definition) is 3. The molecule has 2 aromatic carbocycles. The molecule has 0 aliphatic heterocycles. The van der Waals surface area contributed by atoms with Crippen LogP contribution in [0.15, 0.2) is 66.9 Å². The normalized spacial score (nSPS) is 15.0. The highest BCUT2D eigenvalue weighted by molar-refractivity contribution is 5.92. The lowest BCUT2D eigenvalue weighted by Crippen LogP contribution is -2.30. The van der Waals surface area contributed by atoms with Gasteiger partial charge in [0.2, 0.25) is 0 Å². The molecule has 0 radical (unpaired) electrons. The summed E-state index contributed by atoms with van der Waals surface area (Å²) in [7, 11) is 0. The average Bonchev–Trinajstić information content (AvgIpc) is 3.36. The third-order valence-electron chi connectivity index (χ3n) is 4.25. The van der Waals surface area contributed by atoms with Gasteiger partial charge in [0.15, 0.2) is 5.69 Å². The predicted molar refractivity (Wildman–Crippen MR) is 90.7 cm³/mol. The van der Waals surface area contributed by atoms with Crippen molar-refractivity contribution < 1.29 is 4.79 Å². The van der Waals surface area contributed by atoms with Crippen LogP contribution in [0.3, 0.4) is 0 Å². The van der Waals surface area contributed by atoms with Crippen molar-refractivity contribution in [3.63, 3.8) is 0 Å². The standard InChI is InChI=1S/C19H18N4O/c24-19(17-13-20-23(22-17)16-9-5-2-6-10-16)21-18(15-11-12-15)14-7-3-1-4-8-14/h1-10,13,15,18H,11-12H2,(H,21,24). The van der Waals surface area contributed by atoms with Crippen LogP contribution in [0.2, 0.25) is 0 Å². The Kier molecular flexibility index (Phi) is 3.83. The van der Waals surface area contributed by atoms with Crippen molar-refractivity contribution in [2.24, 2.45) is 5.92 Å². The van der Waals surface area contributed by atoms with Gasteiger partial charge in [0, 0.05) is 0 Å². The summed E-state index contributed by atoms with van der Waals surface area (Å²) >= 11 is 0. The molecule has 1 unspecified atom stereocenters. The van der Waals surface area contributed by atoms with E-state index in [9.17, 15) is 4.79 Å². The van der Waals surface area contributed by atoms with Crippen LogP contribution in [-0.2, 0) is 0 Å². The van der Waals surface area contributed by atoms with Gasteiger partial charge in [-0.2, -0.15) is 9.90 Å². The van der Waals surface area contributed by atoms with Crippen LogP contribution in [0.5, 0.6) is 0 Å². The number of rotatable bonds is 5. The Morgan fingerprint density at radius 3 is 2.38 bits per heavy atom. The topological polar surface area (TPSA) is 59.8 Å². The van der Waals surface area contributed by atoms with Crippen LogP contribution in [0.4, 0.5) is 0 Å². The fraction of sp³-hybridized carbons (Fsp3) is 0.211. The first-order valence-corrected chi connectivity index (χ1v) is 8.15. The molecule has 4 rings (SSSR count). The molecule has 1 amide bonds. The second-order valence-corrected chi connectivity index (χ2v) is 6.05. The first kappa shape index (κ1) is 14.6. The van der Waals surface area contributed by atoms with Crippen molar-refractivity contribution in [3.05, 3.63) is 78.1 Å². The molecule has 3 aromatic rings. The Balaban J connectivity index is 1.52. The van der Waals surface area contributed by atoms with Gasteiger partial charge in [0.25, 0.3) is 5.91 Å². The number of nitrogens with zero attached hydrogens (tertiary/aromatic N) is 3. The van der Waals surface area contributed by atoms with Crippen molar-refractivity contribution in [1.29, 1.82) is 0 Å². The highest BCUT2D eigenvalue weighted by Crippen LogP contribution is 2.41. The number of carbonyl (C=O) groups excluding carboxylic acids is 1. The van der Waals surface area contributed by atoms with Gasteiger partial charge in [0.05, 0.1) is 17.9 Å². The summed E-state index contributed by atoms with van der Waals surface area (Å²) in [4.78, 5) is 14.1. The molecule has 1 fully saturated rings. The lowest BCUT2D eigenvalue weighted by Gasteiger charge is -2.18. The van der Waals surface area contributed by atoms with Crippen LogP contribution in [0.25, 0.3) is 5.69 Å². The van der Waals surface area contributed by atoms with E-state index in [4.69, 9.17) is 0 Å². The lowest BCUT2D eigenvalue weighted by molar-refractivity contribution is 0.0926. The highest BCUT2D eigenvalue weighted by atomic mass is 16.2. The molecule has 5 nitrogen and oxygen atoms in total. The molecule has 1 N–H and O–H groups in total. The van der Waals surface area contributed by atoms with E-state index in [0.29, 0.717) is 11.6 Å². The number of hydrogen-bond donors (Lipinski definition) is 1. The van der Waals surface area contributed by atoms with Gasteiger partial charge in [-0.15, -0.1) is 5.10 Å². The van der Waals surface area contributed by atoms with Crippen LogP contribution < -0.4 is 5.32 Å². The van der Waals surface area contributed by atoms with Gasteiger partial charge < -0.3 is 5.32 Å². The molecule has 0 bridgehead atoms. The molecular formula is C19H18N4O. The fourth-order valence-corrected chi connectivity index (χ4v) is 2.83. The van der Waals surface area contributed by atoms with Crippen LogP contribution in [0, 0.1) is 5.92 Å². The molecule has 1 aliphatic rings. The van der Waals surface area contributed by atoms with Crippen LogP contribution >= 0.6 is 0 Å². The molecule has 0 saturated heterocycles. The Bertz CT molecular complexity index is 825. The predicted octanol–water partition coefficient (Wildman–Crippen LogP) is 3.15. The largest absolute Gasteiger partial charge is 0.344 e. The molecular weight excluding hydrogens is 300 g/mol. The van der Waals surface area contributed by atoms with E-state index in [1.807, 2.05) is 48.5 Å². The molecule has 1 aliphatic carbocycles. The monoisotopic (exact) mass is 318 g/mol. The quantitative estimate of drug-likeness (QED) is 0.786. The summed E-state index contributed by atoms with van der Waals surface area (Å²) in [5.74, 6) is 0.332. The van der Waals surface area contributed by atoms with E-state index >= 15 is 0 Å². The van der Waals surface area contributed by atoms with Gasteiger partial charge in [-0.25, -0.2) is 0 Å². The summed E-state index contributed by atoms with van der Waals surface area (Å²) in [6, 6.07) is 19.7. The minimum atomic E-state index is -0.182. The van der Waals surface area contributed by atoms with Crippen molar-refractivity contribution >= 4 is 5.91 Å². The summed E-state index contributed by atoms with van der Waals surface area (Å²) < 4.78 is 0. The summed E-state index contributed by atoms with van der Waals surface area (Å²) in [6.07, 6.45) is 3.81. The molecule has 120 valence electrons. The van der Waals surface area contributed by atoms with Gasteiger partial charge in [-0.05, 0) is 36.5 Å². The number of aromatic nitrogens is 3. The van der Waals surface area contributed by atoms with Crippen molar-refractivity contribution in [2.75, 3.05) is 0 Å². The highest BCUT2D eigenvalue weighted by Gasteiger charge is 2.33. The third kappa shape index (κ3) is 3.06. The first-order chi connectivity index (χ1) is 11.8. The van der Waals surface area contributed by atoms with Crippen LogP contribution in [0.1, 0.15) is 34.9 Å². The van der Waals surface area contributed by atoms with Gasteiger partial charge in [0.1, 0.15) is 0 Å². The Morgan fingerprint density at radius 1 is 1.04 bits per heavy atom. The Labute approximate surface area is 140 Å². The summed E-state index contributed by atoms with van der Waals surface area (Å²) in [5.41, 5.74) is 2.31. The number of amides is 1. The van der Waals surface area contributed by atoms with Gasteiger partial charge >= 0.3 is 0 Å². The minimum absolute atomic E-state index is 0.0422. The zero-order valence-corrected chi connectivity index (χ0v) is 13.2. The summed E-state index contributed by atoms with van der Waals surface area (Å²) in [5, 5.41) is 11.6. The van der Waals surface area contributed by atoms with Crippen molar-refractivity contribution in [2.45, 2.75) is 18.9 Å². The third-order valence-corrected chi connectivity index (χ3v) is 4.25. The second-order valence-electron chi connectivity index (χ2n) is 6.05. The smallest absolute Gasteiger partial charge is 0.273 e. The molecule has 1 saturated carbocycles. The Morgan fingerprint density at radius 2 is 1.71 bits per heavy atom. The number of nitrogens with one attached hydrogen (secondary N) is 1. The maximum atomic E-state index is 12.6. The van der Waals surface area contributed by atoms with Gasteiger partial charge in [-0.1, -0.05) is 48.5 Å². The summed E-state index contributed by atoms with van der Waals surface area (Å²) in [6.45, 7) is 0.